The summed E-state index contributed by atoms with van der Waals surface area (Å²) in [4.78, 5) is 7.38. The van der Waals surface area contributed by atoms with E-state index in [0.717, 1.165) is 13.0 Å². The number of fused-ring (bicyclic) bond motifs is 3. The second-order valence-electron chi connectivity index (χ2n) is 6.94. The Morgan fingerprint density at radius 3 is 2.62 bits per heavy atom. The van der Waals surface area contributed by atoms with Gasteiger partial charge in [-0.3, -0.25) is 4.99 Å². The summed E-state index contributed by atoms with van der Waals surface area (Å²) >= 11 is 0. The van der Waals surface area contributed by atoms with Crippen LogP contribution in [-0.2, 0) is 0 Å². The maximum absolute atomic E-state index is 4.77. The van der Waals surface area contributed by atoms with Gasteiger partial charge in [-0.1, -0.05) is 42.2 Å². The molecule has 1 aromatic rings. The fourth-order valence-electron chi connectivity index (χ4n) is 4.48. The summed E-state index contributed by atoms with van der Waals surface area (Å²) in [5.41, 5.74) is 4.23. The fourth-order valence-corrected chi connectivity index (χ4v) is 4.48. The highest BCUT2D eigenvalue weighted by Gasteiger charge is 2.43. The van der Waals surface area contributed by atoms with Crippen LogP contribution in [0.15, 0.2) is 23.2 Å². The first-order chi connectivity index (χ1) is 10.2. The number of rotatable bonds is 1. The number of nitrogens with one attached hydrogen (secondary N) is 1. The quantitative estimate of drug-likeness (QED) is 0.856. The number of benzene rings is 1. The summed E-state index contributed by atoms with van der Waals surface area (Å²) < 4.78 is 0. The third-order valence-corrected chi connectivity index (χ3v) is 5.27. The van der Waals surface area contributed by atoms with Crippen LogP contribution in [0.1, 0.15) is 54.8 Å². The summed E-state index contributed by atoms with van der Waals surface area (Å²) in [6, 6.07) is 8.81. The van der Waals surface area contributed by atoms with Gasteiger partial charge in [-0.15, -0.1) is 0 Å². The van der Waals surface area contributed by atoms with Crippen LogP contribution in [0.2, 0.25) is 0 Å². The second kappa shape index (κ2) is 5.04. The van der Waals surface area contributed by atoms with Gasteiger partial charge in [0.1, 0.15) is 0 Å². The van der Waals surface area contributed by atoms with Crippen molar-refractivity contribution in [2.75, 3.05) is 6.54 Å². The first kappa shape index (κ1) is 13.2. The highest BCUT2D eigenvalue weighted by atomic mass is 15.4. The molecule has 112 valence electrons. The SMILES string of the molecule is Cc1cc(C)cc(C2CCN=C3NC4CCCCC4N32)c1. The monoisotopic (exact) mass is 283 g/mol. The van der Waals surface area contributed by atoms with Crippen LogP contribution in [0.4, 0.5) is 0 Å². The molecule has 21 heavy (non-hydrogen) atoms. The van der Waals surface area contributed by atoms with Gasteiger partial charge < -0.3 is 10.2 Å². The minimum absolute atomic E-state index is 0.511. The number of guanidine groups is 1. The van der Waals surface area contributed by atoms with Crippen LogP contribution in [0, 0.1) is 13.8 Å². The normalized spacial score (nSPS) is 31.2. The molecule has 3 atom stereocenters. The first-order valence-electron chi connectivity index (χ1n) is 8.40. The Morgan fingerprint density at radius 2 is 1.81 bits per heavy atom. The zero-order valence-electron chi connectivity index (χ0n) is 13.1. The third kappa shape index (κ3) is 2.23. The fraction of sp³-hybridized carbons (Fsp3) is 0.611. The standard InChI is InChI=1S/C18H25N3/c1-12-9-13(2)11-14(10-12)16-7-8-19-18-20-15-5-3-4-6-17(15)21(16)18/h9-11,15-17H,3-8H2,1-2H3,(H,19,20). The molecule has 1 aromatic carbocycles. The minimum atomic E-state index is 0.511. The smallest absolute Gasteiger partial charge is 0.195 e. The first-order valence-corrected chi connectivity index (χ1v) is 8.40. The molecule has 0 spiro atoms. The Bertz CT molecular complexity index is 558. The van der Waals surface area contributed by atoms with E-state index >= 15 is 0 Å². The lowest BCUT2D eigenvalue weighted by atomic mass is 9.88. The lowest BCUT2D eigenvalue weighted by Crippen LogP contribution is -2.43. The van der Waals surface area contributed by atoms with Crippen molar-refractivity contribution in [3.8, 4) is 0 Å². The van der Waals surface area contributed by atoms with Crippen LogP contribution < -0.4 is 5.32 Å². The summed E-state index contributed by atoms with van der Waals surface area (Å²) in [5, 5.41) is 3.70. The molecule has 1 saturated carbocycles. The molecule has 0 aromatic heterocycles. The molecule has 3 heteroatoms. The highest BCUT2D eigenvalue weighted by molar-refractivity contribution is 5.84. The molecular formula is C18H25N3. The van der Waals surface area contributed by atoms with Crippen LogP contribution in [-0.4, -0.2) is 29.5 Å². The van der Waals surface area contributed by atoms with E-state index in [1.165, 1.54) is 48.3 Å². The number of hydrogen-bond acceptors (Lipinski definition) is 3. The zero-order chi connectivity index (χ0) is 14.4. The molecule has 2 heterocycles. The molecule has 1 aliphatic carbocycles. The molecule has 3 unspecified atom stereocenters. The summed E-state index contributed by atoms with van der Waals surface area (Å²) in [7, 11) is 0. The predicted molar refractivity (Wildman–Crippen MR) is 86.6 cm³/mol. The Kier molecular flexibility index (Phi) is 3.16. The Labute approximate surface area is 127 Å². The summed E-state index contributed by atoms with van der Waals surface area (Å²) in [6.07, 6.45) is 6.50. The number of hydrogen-bond donors (Lipinski definition) is 1. The lowest BCUT2D eigenvalue weighted by molar-refractivity contribution is 0.188. The van der Waals surface area contributed by atoms with E-state index in [4.69, 9.17) is 4.99 Å². The topological polar surface area (TPSA) is 27.6 Å². The van der Waals surface area contributed by atoms with Crippen molar-refractivity contribution in [2.24, 2.45) is 4.99 Å². The van der Waals surface area contributed by atoms with E-state index in [-0.39, 0.29) is 0 Å². The Morgan fingerprint density at radius 1 is 1.05 bits per heavy atom. The van der Waals surface area contributed by atoms with Crippen LogP contribution in [0.5, 0.6) is 0 Å². The van der Waals surface area contributed by atoms with Gasteiger partial charge in [-0.05, 0) is 38.7 Å². The van der Waals surface area contributed by atoms with E-state index in [9.17, 15) is 0 Å². The zero-order valence-corrected chi connectivity index (χ0v) is 13.1. The van der Waals surface area contributed by atoms with Gasteiger partial charge in [0.25, 0.3) is 0 Å². The van der Waals surface area contributed by atoms with Crippen molar-refractivity contribution in [3.63, 3.8) is 0 Å². The van der Waals surface area contributed by atoms with Gasteiger partial charge in [-0.2, -0.15) is 0 Å². The third-order valence-electron chi connectivity index (χ3n) is 5.27. The van der Waals surface area contributed by atoms with E-state index < -0.39 is 0 Å². The van der Waals surface area contributed by atoms with Gasteiger partial charge in [0.05, 0.1) is 12.1 Å². The van der Waals surface area contributed by atoms with Gasteiger partial charge >= 0.3 is 0 Å². The van der Waals surface area contributed by atoms with Crippen molar-refractivity contribution in [1.29, 1.82) is 0 Å². The molecule has 0 amide bonds. The number of aryl methyl sites for hydroxylation is 2. The molecule has 1 saturated heterocycles. The molecule has 3 nitrogen and oxygen atoms in total. The van der Waals surface area contributed by atoms with Crippen molar-refractivity contribution in [2.45, 2.75) is 64.1 Å². The summed E-state index contributed by atoms with van der Waals surface area (Å²) in [5.74, 6) is 1.17. The van der Waals surface area contributed by atoms with Gasteiger partial charge in [0, 0.05) is 12.6 Å². The van der Waals surface area contributed by atoms with E-state index in [1.54, 1.807) is 0 Å². The highest BCUT2D eigenvalue weighted by Crippen LogP contribution is 2.38. The van der Waals surface area contributed by atoms with Crippen molar-refractivity contribution in [1.82, 2.24) is 10.2 Å². The number of nitrogens with zero attached hydrogens (tertiary/aromatic N) is 2. The van der Waals surface area contributed by atoms with Crippen molar-refractivity contribution in [3.05, 3.63) is 34.9 Å². The summed E-state index contributed by atoms with van der Waals surface area (Å²) in [6.45, 7) is 5.37. The van der Waals surface area contributed by atoms with Gasteiger partial charge in [0.2, 0.25) is 0 Å². The minimum Gasteiger partial charge on any atom is -0.351 e. The van der Waals surface area contributed by atoms with E-state index in [2.05, 4.69) is 42.3 Å². The maximum atomic E-state index is 4.77. The molecule has 0 radical (unpaired) electrons. The molecule has 3 aliphatic rings. The largest absolute Gasteiger partial charge is 0.351 e. The molecular weight excluding hydrogens is 258 g/mol. The van der Waals surface area contributed by atoms with Crippen LogP contribution in [0.3, 0.4) is 0 Å². The molecule has 1 N–H and O–H groups in total. The van der Waals surface area contributed by atoms with E-state index in [0.29, 0.717) is 18.1 Å². The molecule has 2 fully saturated rings. The average molecular weight is 283 g/mol. The molecule has 0 bridgehead atoms. The second-order valence-corrected chi connectivity index (χ2v) is 6.94. The predicted octanol–water partition coefficient (Wildman–Crippen LogP) is 3.32. The van der Waals surface area contributed by atoms with Gasteiger partial charge in [0.15, 0.2) is 5.96 Å². The Hall–Kier alpha value is -1.51. The number of aliphatic imine (C=N–C) groups is 1. The van der Waals surface area contributed by atoms with Crippen molar-refractivity contribution >= 4 is 5.96 Å². The lowest BCUT2D eigenvalue weighted by Gasteiger charge is -2.39. The van der Waals surface area contributed by atoms with Gasteiger partial charge in [-0.25, -0.2) is 0 Å². The van der Waals surface area contributed by atoms with Crippen LogP contribution in [0.25, 0.3) is 0 Å². The van der Waals surface area contributed by atoms with E-state index in [1.807, 2.05) is 0 Å². The Balaban J connectivity index is 1.70. The molecule has 2 aliphatic heterocycles. The maximum Gasteiger partial charge on any atom is 0.195 e. The van der Waals surface area contributed by atoms with Crippen molar-refractivity contribution < 1.29 is 0 Å². The van der Waals surface area contributed by atoms with Crippen LogP contribution >= 0.6 is 0 Å². The average Bonchev–Trinajstić information content (AvgIpc) is 2.84. The molecule has 4 rings (SSSR count).